The number of hydrogen-bond acceptors (Lipinski definition) is 2. The number of carbonyl (C=O) groups excluding carboxylic acids is 1. The van der Waals surface area contributed by atoms with Gasteiger partial charge in [-0.1, -0.05) is 42.5 Å². The average Bonchev–Trinajstić information content (AvgIpc) is 3.31. The number of carbonyl (C=O) groups is 1. The Kier molecular flexibility index (Phi) is 5.39. The molecule has 0 aliphatic heterocycles. The number of nitrogens with one attached hydrogen (secondary N) is 1. The minimum Gasteiger partial charge on any atom is -0.344 e. The Labute approximate surface area is 175 Å². The molecule has 0 bridgehead atoms. The van der Waals surface area contributed by atoms with Crippen LogP contribution in [0.4, 0.5) is 13.2 Å². The zero-order chi connectivity index (χ0) is 21.3. The number of nitrogens with zero attached hydrogens (tertiary/aromatic N) is 1. The molecule has 0 aliphatic rings. The van der Waals surface area contributed by atoms with Crippen molar-refractivity contribution < 1.29 is 18.0 Å². The number of benzene rings is 2. The molecular formula is C23H19F3N2OS. The summed E-state index contributed by atoms with van der Waals surface area (Å²) in [6.45, 7) is 2.22. The van der Waals surface area contributed by atoms with Crippen LogP contribution in [0.25, 0.3) is 10.2 Å². The Morgan fingerprint density at radius 2 is 1.77 bits per heavy atom. The summed E-state index contributed by atoms with van der Waals surface area (Å²) in [6.07, 6.45) is -4.37. The molecule has 2 aromatic heterocycles. The van der Waals surface area contributed by atoms with Gasteiger partial charge >= 0.3 is 6.18 Å². The van der Waals surface area contributed by atoms with Gasteiger partial charge in [0.05, 0.1) is 21.8 Å². The third-order valence-electron chi connectivity index (χ3n) is 5.02. The van der Waals surface area contributed by atoms with Crippen molar-refractivity contribution in [3.63, 3.8) is 0 Å². The Morgan fingerprint density at radius 3 is 2.43 bits per heavy atom. The quantitative estimate of drug-likeness (QED) is 0.400. The van der Waals surface area contributed by atoms with E-state index in [9.17, 15) is 18.0 Å². The lowest BCUT2D eigenvalue weighted by atomic mass is 10.1. The summed E-state index contributed by atoms with van der Waals surface area (Å²) in [6, 6.07) is 18.3. The summed E-state index contributed by atoms with van der Waals surface area (Å²) >= 11 is 1.52. The summed E-state index contributed by atoms with van der Waals surface area (Å²) in [5.41, 5.74) is 2.37. The highest BCUT2D eigenvalue weighted by atomic mass is 32.1. The number of thiophene rings is 1. The van der Waals surface area contributed by atoms with Gasteiger partial charge < -0.3 is 9.88 Å². The lowest BCUT2D eigenvalue weighted by Gasteiger charge is -2.16. The second kappa shape index (κ2) is 7.99. The normalized spacial score (nSPS) is 12.8. The van der Waals surface area contributed by atoms with E-state index in [2.05, 4.69) is 5.32 Å². The zero-order valence-electron chi connectivity index (χ0n) is 16.1. The first-order valence-corrected chi connectivity index (χ1v) is 10.3. The third-order valence-corrected chi connectivity index (χ3v) is 5.88. The van der Waals surface area contributed by atoms with Crippen LogP contribution in [0.5, 0.6) is 0 Å². The number of alkyl halides is 3. The largest absolute Gasteiger partial charge is 0.416 e. The molecule has 7 heteroatoms. The second-order valence-electron chi connectivity index (χ2n) is 7.09. The van der Waals surface area contributed by atoms with Crippen molar-refractivity contribution in [2.24, 2.45) is 0 Å². The fraction of sp³-hybridized carbons (Fsp3) is 0.174. The van der Waals surface area contributed by atoms with Crippen molar-refractivity contribution in [3.05, 3.63) is 94.5 Å². The summed E-state index contributed by atoms with van der Waals surface area (Å²) in [5.74, 6) is -0.221. The van der Waals surface area contributed by atoms with Gasteiger partial charge in [-0.15, -0.1) is 11.3 Å². The summed E-state index contributed by atoms with van der Waals surface area (Å²) < 4.78 is 41.3. The van der Waals surface area contributed by atoms with Gasteiger partial charge in [0.15, 0.2) is 0 Å². The standard InChI is InChI=1S/C23H19F3N2OS/c1-15(17-5-3-2-4-6-17)27-22(29)20-13-21-19(11-12-30-21)28(20)14-16-7-9-18(10-8-16)23(24,25)26/h2-13,15H,14H2,1H3,(H,27,29). The van der Waals surface area contributed by atoms with E-state index in [4.69, 9.17) is 0 Å². The maximum atomic E-state index is 13.0. The molecule has 3 nitrogen and oxygen atoms in total. The van der Waals surface area contributed by atoms with E-state index in [0.717, 1.165) is 27.9 Å². The fourth-order valence-corrected chi connectivity index (χ4v) is 4.24. The molecule has 1 unspecified atom stereocenters. The average molecular weight is 428 g/mol. The molecule has 0 saturated carbocycles. The molecule has 0 spiro atoms. The summed E-state index contributed by atoms with van der Waals surface area (Å²) in [4.78, 5) is 13.0. The Hall–Kier alpha value is -3.06. The van der Waals surface area contributed by atoms with E-state index in [1.807, 2.05) is 59.3 Å². The number of halogens is 3. The van der Waals surface area contributed by atoms with Gasteiger partial charge in [0.1, 0.15) is 5.69 Å². The molecule has 0 aliphatic carbocycles. The van der Waals surface area contributed by atoms with Crippen LogP contribution < -0.4 is 5.32 Å². The first-order chi connectivity index (χ1) is 14.3. The first-order valence-electron chi connectivity index (χ1n) is 9.41. The SMILES string of the molecule is CC(NC(=O)c1cc2sccc2n1Cc1ccc(C(F)(F)F)cc1)c1ccccc1. The molecule has 0 fully saturated rings. The molecular weight excluding hydrogens is 409 g/mol. The third kappa shape index (κ3) is 4.11. The highest BCUT2D eigenvalue weighted by Gasteiger charge is 2.30. The van der Waals surface area contributed by atoms with E-state index >= 15 is 0 Å². The first kappa shape index (κ1) is 20.2. The van der Waals surface area contributed by atoms with Crippen molar-refractivity contribution in [1.29, 1.82) is 0 Å². The number of fused-ring (bicyclic) bond motifs is 1. The number of hydrogen-bond donors (Lipinski definition) is 1. The van der Waals surface area contributed by atoms with Crippen molar-refractivity contribution >= 4 is 27.5 Å². The van der Waals surface area contributed by atoms with Gasteiger partial charge in [-0.05, 0) is 47.7 Å². The molecule has 1 amide bonds. The molecule has 2 heterocycles. The molecule has 4 rings (SSSR count). The van der Waals surface area contributed by atoms with Crippen LogP contribution in [0.2, 0.25) is 0 Å². The molecule has 4 aromatic rings. The fourth-order valence-electron chi connectivity index (χ4n) is 3.41. The molecule has 2 aromatic carbocycles. The van der Waals surface area contributed by atoms with Gasteiger partial charge in [0.2, 0.25) is 0 Å². The van der Waals surface area contributed by atoms with Crippen LogP contribution in [0.15, 0.2) is 72.1 Å². The van der Waals surface area contributed by atoms with E-state index in [1.54, 1.807) is 0 Å². The minimum atomic E-state index is -4.37. The van der Waals surface area contributed by atoms with E-state index < -0.39 is 11.7 Å². The summed E-state index contributed by atoms with van der Waals surface area (Å²) in [5, 5.41) is 4.95. The predicted molar refractivity (Wildman–Crippen MR) is 113 cm³/mol. The van der Waals surface area contributed by atoms with E-state index in [1.165, 1.54) is 23.5 Å². The highest BCUT2D eigenvalue weighted by molar-refractivity contribution is 7.17. The van der Waals surface area contributed by atoms with E-state index in [0.29, 0.717) is 17.8 Å². The molecule has 0 saturated heterocycles. The Morgan fingerprint density at radius 1 is 1.07 bits per heavy atom. The van der Waals surface area contributed by atoms with Gasteiger partial charge in [0, 0.05) is 6.54 Å². The minimum absolute atomic E-state index is 0.175. The van der Waals surface area contributed by atoms with Crippen LogP contribution in [0.3, 0.4) is 0 Å². The van der Waals surface area contributed by atoms with Crippen LogP contribution in [-0.4, -0.2) is 10.5 Å². The lowest BCUT2D eigenvalue weighted by Crippen LogP contribution is -2.28. The van der Waals surface area contributed by atoms with E-state index in [-0.39, 0.29) is 11.9 Å². The van der Waals surface area contributed by atoms with Crippen molar-refractivity contribution in [1.82, 2.24) is 9.88 Å². The van der Waals surface area contributed by atoms with Gasteiger partial charge in [-0.25, -0.2) is 0 Å². The molecule has 1 N–H and O–H groups in total. The summed E-state index contributed by atoms with van der Waals surface area (Å²) in [7, 11) is 0. The smallest absolute Gasteiger partial charge is 0.344 e. The Balaban J connectivity index is 1.61. The maximum Gasteiger partial charge on any atom is 0.416 e. The number of aromatic nitrogens is 1. The van der Waals surface area contributed by atoms with Gasteiger partial charge in [-0.2, -0.15) is 13.2 Å². The van der Waals surface area contributed by atoms with Crippen molar-refractivity contribution in [3.8, 4) is 0 Å². The molecule has 30 heavy (non-hydrogen) atoms. The zero-order valence-corrected chi connectivity index (χ0v) is 16.9. The molecule has 1 atom stereocenters. The lowest BCUT2D eigenvalue weighted by molar-refractivity contribution is -0.137. The Bertz CT molecular complexity index is 1160. The highest BCUT2D eigenvalue weighted by Crippen LogP contribution is 2.30. The predicted octanol–water partition coefficient (Wildman–Crippen LogP) is 6.26. The van der Waals surface area contributed by atoms with Crippen LogP contribution >= 0.6 is 11.3 Å². The topological polar surface area (TPSA) is 34.0 Å². The maximum absolute atomic E-state index is 13.0. The molecule has 154 valence electrons. The number of rotatable bonds is 5. The van der Waals surface area contributed by atoms with Gasteiger partial charge in [0.25, 0.3) is 5.91 Å². The van der Waals surface area contributed by atoms with Crippen molar-refractivity contribution in [2.75, 3.05) is 0 Å². The van der Waals surface area contributed by atoms with Crippen LogP contribution in [-0.2, 0) is 12.7 Å². The van der Waals surface area contributed by atoms with Crippen LogP contribution in [0, 0.1) is 0 Å². The molecule has 0 radical (unpaired) electrons. The number of amides is 1. The van der Waals surface area contributed by atoms with Gasteiger partial charge in [-0.3, -0.25) is 4.79 Å². The van der Waals surface area contributed by atoms with Crippen LogP contribution in [0.1, 0.15) is 40.1 Å². The van der Waals surface area contributed by atoms with Crippen molar-refractivity contribution in [2.45, 2.75) is 25.7 Å². The second-order valence-corrected chi connectivity index (χ2v) is 8.03. The monoisotopic (exact) mass is 428 g/mol.